The third-order valence-corrected chi connectivity index (χ3v) is 5.55. The van der Waals surface area contributed by atoms with Gasteiger partial charge in [-0.2, -0.15) is 5.10 Å². The van der Waals surface area contributed by atoms with Gasteiger partial charge in [0.15, 0.2) is 0 Å². The van der Waals surface area contributed by atoms with Gasteiger partial charge >= 0.3 is 0 Å². The van der Waals surface area contributed by atoms with Crippen LogP contribution in [0.25, 0.3) is 21.5 Å². The molecule has 4 aromatic rings. The number of hydrogen-bond donors (Lipinski definition) is 0. The molecular weight excluding hydrogens is 380 g/mol. The van der Waals surface area contributed by atoms with Crippen LogP contribution in [0.5, 0.6) is 0 Å². The van der Waals surface area contributed by atoms with Crippen LogP contribution in [0.3, 0.4) is 0 Å². The number of carbonyl (C=O) groups excluding carboxylic acids is 1. The minimum atomic E-state index is -0.0543. The summed E-state index contributed by atoms with van der Waals surface area (Å²) in [6.45, 7) is 0.490. The smallest absolute Gasteiger partial charge is 0.254 e. The van der Waals surface area contributed by atoms with Gasteiger partial charge in [0.2, 0.25) is 0 Å². The number of fused-ring (bicyclic) bond motifs is 1. The van der Waals surface area contributed by atoms with Crippen molar-refractivity contribution < 1.29 is 4.79 Å². The van der Waals surface area contributed by atoms with E-state index in [4.69, 9.17) is 16.6 Å². The zero-order chi connectivity index (χ0) is 19.0. The number of aromatic nitrogens is 3. The third-order valence-electron chi connectivity index (χ3n) is 4.30. The van der Waals surface area contributed by atoms with Crippen molar-refractivity contribution in [2.24, 2.45) is 7.05 Å². The summed E-state index contributed by atoms with van der Waals surface area (Å²) in [4.78, 5) is 20.6. The average molecular weight is 397 g/mol. The normalized spacial score (nSPS) is 11.1. The van der Waals surface area contributed by atoms with Crippen LogP contribution in [0.4, 0.5) is 0 Å². The lowest BCUT2D eigenvalue weighted by Gasteiger charge is -2.18. The van der Waals surface area contributed by atoms with Gasteiger partial charge in [-0.15, -0.1) is 11.3 Å². The Hall–Kier alpha value is -2.70. The molecule has 1 amide bonds. The molecule has 0 fully saturated rings. The van der Waals surface area contributed by atoms with Crippen LogP contribution >= 0.6 is 22.9 Å². The Morgan fingerprint density at radius 3 is 2.78 bits per heavy atom. The Kier molecular flexibility index (Phi) is 4.68. The first-order valence-electron chi connectivity index (χ1n) is 8.40. The van der Waals surface area contributed by atoms with Crippen molar-refractivity contribution >= 4 is 39.7 Å². The minimum Gasteiger partial charge on any atom is -0.337 e. The first kappa shape index (κ1) is 17.7. The SMILES string of the molecule is CN(Cc1cnn(C)c1)C(=O)c1cc(-c2ccc(Cl)s2)nc2ccccc12. The number of pyridine rings is 1. The molecule has 0 radical (unpaired) electrons. The fraction of sp³-hybridized carbons (Fsp3) is 0.150. The van der Waals surface area contributed by atoms with Gasteiger partial charge in [-0.25, -0.2) is 4.98 Å². The molecule has 0 aliphatic heterocycles. The second-order valence-corrected chi connectivity index (χ2v) is 8.07. The summed E-state index contributed by atoms with van der Waals surface area (Å²) in [6, 6.07) is 13.3. The number of halogens is 1. The van der Waals surface area contributed by atoms with Gasteiger partial charge in [-0.1, -0.05) is 29.8 Å². The zero-order valence-electron chi connectivity index (χ0n) is 14.9. The first-order chi connectivity index (χ1) is 13.0. The average Bonchev–Trinajstić information content (AvgIpc) is 3.28. The number of benzene rings is 1. The molecule has 0 unspecified atom stereocenters. The van der Waals surface area contributed by atoms with Gasteiger partial charge in [-0.05, 0) is 24.3 Å². The van der Waals surface area contributed by atoms with E-state index >= 15 is 0 Å². The maximum absolute atomic E-state index is 13.2. The fourth-order valence-electron chi connectivity index (χ4n) is 3.04. The number of aryl methyl sites for hydroxylation is 1. The Bertz CT molecular complexity index is 1130. The van der Waals surface area contributed by atoms with Crippen molar-refractivity contribution in [3.05, 3.63) is 70.3 Å². The number of para-hydroxylation sites is 1. The molecule has 3 heterocycles. The molecule has 5 nitrogen and oxygen atoms in total. The summed E-state index contributed by atoms with van der Waals surface area (Å²) < 4.78 is 2.43. The molecule has 0 atom stereocenters. The number of rotatable bonds is 4. The standard InChI is InChI=1S/C20H17ClN4OS/c1-24(11-13-10-22-25(2)12-13)20(26)15-9-17(18-7-8-19(21)27-18)23-16-6-4-3-5-14(15)16/h3-10,12H,11H2,1-2H3. The van der Waals surface area contributed by atoms with Crippen LogP contribution in [-0.2, 0) is 13.6 Å². The monoisotopic (exact) mass is 396 g/mol. The van der Waals surface area contributed by atoms with E-state index in [0.29, 0.717) is 16.4 Å². The van der Waals surface area contributed by atoms with Gasteiger partial charge < -0.3 is 4.90 Å². The van der Waals surface area contributed by atoms with Crippen LogP contribution in [0.2, 0.25) is 4.34 Å². The fourth-order valence-corrected chi connectivity index (χ4v) is 4.04. The first-order valence-corrected chi connectivity index (χ1v) is 9.59. The van der Waals surface area contributed by atoms with E-state index < -0.39 is 0 Å². The van der Waals surface area contributed by atoms with Gasteiger partial charge in [0.05, 0.1) is 32.2 Å². The highest BCUT2D eigenvalue weighted by Gasteiger charge is 2.18. The van der Waals surface area contributed by atoms with Crippen LogP contribution < -0.4 is 0 Å². The number of thiophene rings is 1. The molecule has 7 heteroatoms. The van der Waals surface area contributed by atoms with Gasteiger partial charge in [0.1, 0.15) is 0 Å². The molecule has 136 valence electrons. The Labute approximate surface area is 165 Å². The summed E-state index contributed by atoms with van der Waals surface area (Å²) >= 11 is 7.53. The summed E-state index contributed by atoms with van der Waals surface area (Å²) in [5.41, 5.74) is 3.16. The maximum atomic E-state index is 13.2. The van der Waals surface area contributed by atoms with E-state index in [9.17, 15) is 4.79 Å². The predicted octanol–water partition coefficient (Wildman–Crippen LogP) is 4.62. The maximum Gasteiger partial charge on any atom is 0.254 e. The van der Waals surface area contributed by atoms with Crippen LogP contribution in [0.1, 0.15) is 15.9 Å². The molecule has 27 heavy (non-hydrogen) atoms. The van der Waals surface area contributed by atoms with Crippen molar-refractivity contribution in [1.29, 1.82) is 0 Å². The highest BCUT2D eigenvalue weighted by atomic mass is 35.5. The van der Waals surface area contributed by atoms with Gasteiger partial charge in [0.25, 0.3) is 5.91 Å². The van der Waals surface area contributed by atoms with Crippen LogP contribution in [0.15, 0.2) is 54.9 Å². The third kappa shape index (κ3) is 3.59. The molecule has 0 spiro atoms. The molecule has 0 saturated heterocycles. The molecule has 1 aromatic carbocycles. The molecule has 0 N–H and O–H groups in total. The molecule has 4 rings (SSSR count). The minimum absolute atomic E-state index is 0.0543. The van der Waals surface area contributed by atoms with E-state index in [1.807, 2.05) is 55.7 Å². The van der Waals surface area contributed by atoms with Crippen molar-refractivity contribution in [1.82, 2.24) is 19.7 Å². The molecule has 0 aliphatic rings. The molecule has 0 aliphatic carbocycles. The lowest BCUT2D eigenvalue weighted by molar-refractivity contribution is 0.0787. The number of carbonyl (C=O) groups is 1. The number of amides is 1. The number of hydrogen-bond acceptors (Lipinski definition) is 4. The van der Waals surface area contributed by atoms with E-state index in [0.717, 1.165) is 27.0 Å². The van der Waals surface area contributed by atoms with E-state index in [2.05, 4.69) is 5.10 Å². The molecule has 0 bridgehead atoms. The molecule has 3 aromatic heterocycles. The summed E-state index contributed by atoms with van der Waals surface area (Å²) in [5.74, 6) is -0.0543. The van der Waals surface area contributed by atoms with Crippen molar-refractivity contribution in [3.63, 3.8) is 0 Å². The summed E-state index contributed by atoms with van der Waals surface area (Å²) in [7, 11) is 3.66. The van der Waals surface area contributed by atoms with E-state index in [1.54, 1.807) is 22.8 Å². The molecule has 0 saturated carbocycles. The Morgan fingerprint density at radius 1 is 1.26 bits per heavy atom. The molecular formula is C20H17ClN4OS. The Balaban J connectivity index is 1.75. The highest BCUT2D eigenvalue weighted by molar-refractivity contribution is 7.19. The topological polar surface area (TPSA) is 51.0 Å². The number of nitrogens with zero attached hydrogens (tertiary/aromatic N) is 4. The highest BCUT2D eigenvalue weighted by Crippen LogP contribution is 2.32. The zero-order valence-corrected chi connectivity index (χ0v) is 16.5. The second-order valence-electron chi connectivity index (χ2n) is 6.36. The van der Waals surface area contributed by atoms with Crippen molar-refractivity contribution in [2.75, 3.05) is 7.05 Å². The van der Waals surface area contributed by atoms with Crippen LogP contribution in [0, 0.1) is 0 Å². The summed E-state index contributed by atoms with van der Waals surface area (Å²) in [5, 5.41) is 5.01. The van der Waals surface area contributed by atoms with E-state index in [1.165, 1.54) is 11.3 Å². The predicted molar refractivity (Wildman–Crippen MR) is 109 cm³/mol. The van der Waals surface area contributed by atoms with Gasteiger partial charge in [0, 0.05) is 37.8 Å². The Morgan fingerprint density at radius 2 is 2.07 bits per heavy atom. The van der Waals surface area contributed by atoms with Crippen molar-refractivity contribution in [3.8, 4) is 10.6 Å². The van der Waals surface area contributed by atoms with E-state index in [-0.39, 0.29) is 5.91 Å². The second kappa shape index (κ2) is 7.13. The van der Waals surface area contributed by atoms with Crippen molar-refractivity contribution in [2.45, 2.75) is 6.54 Å². The van der Waals surface area contributed by atoms with Gasteiger partial charge in [-0.3, -0.25) is 9.48 Å². The summed E-state index contributed by atoms with van der Waals surface area (Å²) in [6.07, 6.45) is 3.68. The lowest BCUT2D eigenvalue weighted by atomic mass is 10.1. The lowest BCUT2D eigenvalue weighted by Crippen LogP contribution is -2.26. The largest absolute Gasteiger partial charge is 0.337 e. The quantitative estimate of drug-likeness (QED) is 0.505. The van der Waals surface area contributed by atoms with Crippen LogP contribution in [-0.4, -0.2) is 32.6 Å².